The molecule has 0 radical (unpaired) electrons. The van der Waals surface area contributed by atoms with Crippen LogP contribution in [0.4, 0.5) is 5.69 Å². The minimum atomic E-state index is 0.775. The first-order valence-corrected chi connectivity index (χ1v) is 8.80. The lowest BCUT2D eigenvalue weighted by molar-refractivity contribution is 1.03. The van der Waals surface area contributed by atoms with E-state index in [1.165, 1.54) is 9.80 Å². The maximum absolute atomic E-state index is 6.12. The normalized spacial score (nSPS) is 14.6. The Morgan fingerprint density at radius 3 is 3.00 bits per heavy atom. The van der Waals surface area contributed by atoms with Crippen molar-refractivity contribution in [3.05, 3.63) is 58.5 Å². The first-order valence-electron chi connectivity index (χ1n) is 6.62. The standard InChI is InChI=1S/C16H18ClNS2/c1-2-3-11-19-18-15-10-9-13(17)12-16(15)20-14-7-5-4-6-8-14/h2-3,5,7-10,12,18H,4,6,11H2,1H3/b3-2-. The fraction of sp³-hybridized carbons (Fsp3) is 0.250. The molecule has 0 atom stereocenters. The predicted octanol–water partition coefficient (Wildman–Crippen LogP) is 6.30. The summed E-state index contributed by atoms with van der Waals surface area (Å²) < 4.78 is 3.40. The van der Waals surface area contributed by atoms with Gasteiger partial charge in [0.1, 0.15) is 0 Å². The van der Waals surface area contributed by atoms with Crippen LogP contribution in [0.15, 0.2) is 58.4 Å². The van der Waals surface area contributed by atoms with Crippen molar-refractivity contribution >= 4 is 41.0 Å². The highest BCUT2D eigenvalue weighted by molar-refractivity contribution is 8.03. The van der Waals surface area contributed by atoms with Crippen molar-refractivity contribution in [3.8, 4) is 0 Å². The highest BCUT2D eigenvalue weighted by Crippen LogP contribution is 2.37. The van der Waals surface area contributed by atoms with Gasteiger partial charge in [0.15, 0.2) is 0 Å². The molecule has 0 heterocycles. The highest BCUT2D eigenvalue weighted by Gasteiger charge is 2.07. The molecule has 0 fully saturated rings. The molecule has 4 heteroatoms. The molecule has 106 valence electrons. The average Bonchev–Trinajstić information content (AvgIpc) is 2.47. The Morgan fingerprint density at radius 2 is 2.25 bits per heavy atom. The van der Waals surface area contributed by atoms with E-state index in [0.717, 1.165) is 29.3 Å². The molecule has 1 nitrogen and oxygen atoms in total. The third-order valence-electron chi connectivity index (χ3n) is 2.73. The zero-order valence-corrected chi connectivity index (χ0v) is 13.8. The zero-order chi connectivity index (χ0) is 14.2. The second-order valence-electron chi connectivity index (χ2n) is 4.31. The largest absolute Gasteiger partial charge is 0.328 e. The SMILES string of the molecule is C/C=C\CSNc1ccc(Cl)cc1SC1=CCCC=C1. The van der Waals surface area contributed by atoms with Crippen LogP contribution < -0.4 is 4.72 Å². The molecule has 0 amide bonds. The number of anilines is 1. The van der Waals surface area contributed by atoms with Crippen LogP contribution in [0, 0.1) is 0 Å². The Morgan fingerprint density at radius 1 is 1.35 bits per heavy atom. The second-order valence-corrected chi connectivity index (χ2v) is 6.69. The van der Waals surface area contributed by atoms with Crippen molar-refractivity contribution in [1.82, 2.24) is 0 Å². The Hall–Kier alpha value is -0.770. The van der Waals surface area contributed by atoms with E-state index in [1.54, 1.807) is 23.7 Å². The summed E-state index contributed by atoms with van der Waals surface area (Å²) in [5.41, 5.74) is 1.12. The second kappa shape index (κ2) is 8.50. The van der Waals surface area contributed by atoms with E-state index >= 15 is 0 Å². The summed E-state index contributed by atoms with van der Waals surface area (Å²) in [6, 6.07) is 5.99. The summed E-state index contributed by atoms with van der Waals surface area (Å²) in [6.07, 6.45) is 13.1. The zero-order valence-electron chi connectivity index (χ0n) is 11.4. The van der Waals surface area contributed by atoms with Crippen molar-refractivity contribution in [2.24, 2.45) is 0 Å². The van der Waals surface area contributed by atoms with Gasteiger partial charge in [-0.3, -0.25) is 0 Å². The van der Waals surface area contributed by atoms with Crippen LogP contribution in [-0.2, 0) is 0 Å². The lowest BCUT2D eigenvalue weighted by Crippen LogP contribution is -1.91. The van der Waals surface area contributed by atoms with E-state index < -0.39 is 0 Å². The topological polar surface area (TPSA) is 12.0 Å². The minimum Gasteiger partial charge on any atom is -0.328 e. The number of thioether (sulfide) groups is 1. The van der Waals surface area contributed by atoms with E-state index in [0.29, 0.717) is 0 Å². The number of nitrogens with one attached hydrogen (secondary N) is 1. The molecule has 2 rings (SSSR count). The van der Waals surface area contributed by atoms with E-state index in [2.05, 4.69) is 35.1 Å². The van der Waals surface area contributed by atoms with E-state index in [4.69, 9.17) is 11.6 Å². The molecule has 1 aromatic carbocycles. The van der Waals surface area contributed by atoms with Gasteiger partial charge < -0.3 is 4.72 Å². The average molecular weight is 324 g/mol. The van der Waals surface area contributed by atoms with Gasteiger partial charge in [0.05, 0.1) is 5.69 Å². The van der Waals surface area contributed by atoms with Gasteiger partial charge in [0.25, 0.3) is 0 Å². The van der Waals surface area contributed by atoms with Gasteiger partial charge in [0.2, 0.25) is 0 Å². The molecule has 0 aromatic heterocycles. The van der Waals surface area contributed by atoms with Crippen molar-refractivity contribution in [1.29, 1.82) is 0 Å². The molecular formula is C16H18ClNS2. The fourth-order valence-electron chi connectivity index (χ4n) is 1.72. The molecule has 0 aliphatic heterocycles. The van der Waals surface area contributed by atoms with Crippen LogP contribution in [0.3, 0.4) is 0 Å². The van der Waals surface area contributed by atoms with Gasteiger partial charge in [-0.15, -0.1) is 0 Å². The summed E-state index contributed by atoms with van der Waals surface area (Å²) >= 11 is 9.57. The first-order chi connectivity index (χ1) is 9.79. The molecule has 1 aliphatic carbocycles. The van der Waals surface area contributed by atoms with Gasteiger partial charge >= 0.3 is 0 Å². The Labute approximate surface area is 134 Å². The van der Waals surface area contributed by atoms with Crippen molar-refractivity contribution < 1.29 is 0 Å². The molecule has 0 saturated carbocycles. The fourth-order valence-corrected chi connectivity index (χ4v) is 3.76. The number of hydrogen-bond acceptors (Lipinski definition) is 3. The van der Waals surface area contributed by atoms with Crippen LogP contribution in [-0.4, -0.2) is 5.75 Å². The van der Waals surface area contributed by atoms with Crippen molar-refractivity contribution in [2.75, 3.05) is 10.5 Å². The molecule has 0 bridgehead atoms. The first kappa shape index (κ1) is 15.6. The van der Waals surface area contributed by atoms with Gasteiger partial charge in [-0.25, -0.2) is 0 Å². The number of allylic oxidation sites excluding steroid dienone is 4. The van der Waals surface area contributed by atoms with Gasteiger partial charge in [0, 0.05) is 20.6 Å². The Balaban J connectivity index is 2.07. The highest BCUT2D eigenvalue weighted by atomic mass is 35.5. The molecule has 20 heavy (non-hydrogen) atoms. The van der Waals surface area contributed by atoms with Crippen LogP contribution in [0.5, 0.6) is 0 Å². The number of rotatable bonds is 6. The maximum Gasteiger partial charge on any atom is 0.0582 e. The van der Waals surface area contributed by atoms with Gasteiger partial charge in [-0.05, 0) is 49.9 Å². The summed E-state index contributed by atoms with van der Waals surface area (Å²) in [6.45, 7) is 2.03. The van der Waals surface area contributed by atoms with Crippen molar-refractivity contribution in [3.63, 3.8) is 0 Å². The lowest BCUT2D eigenvalue weighted by atomic mass is 10.2. The smallest absolute Gasteiger partial charge is 0.0582 e. The Kier molecular flexibility index (Phi) is 6.64. The van der Waals surface area contributed by atoms with E-state index in [-0.39, 0.29) is 0 Å². The monoisotopic (exact) mass is 323 g/mol. The van der Waals surface area contributed by atoms with Crippen LogP contribution >= 0.6 is 35.3 Å². The summed E-state index contributed by atoms with van der Waals surface area (Å²) in [4.78, 5) is 2.46. The molecular weight excluding hydrogens is 306 g/mol. The molecule has 0 spiro atoms. The van der Waals surface area contributed by atoms with Crippen molar-refractivity contribution in [2.45, 2.75) is 24.7 Å². The van der Waals surface area contributed by atoms with Crippen LogP contribution in [0.25, 0.3) is 0 Å². The summed E-state index contributed by atoms with van der Waals surface area (Å²) in [5, 5.41) is 0.775. The molecule has 0 saturated heterocycles. The lowest BCUT2D eigenvalue weighted by Gasteiger charge is -2.12. The van der Waals surface area contributed by atoms with E-state index in [1.807, 2.05) is 25.1 Å². The molecule has 1 aromatic rings. The predicted molar refractivity (Wildman–Crippen MR) is 94.7 cm³/mol. The van der Waals surface area contributed by atoms with Crippen LogP contribution in [0.1, 0.15) is 19.8 Å². The summed E-state index contributed by atoms with van der Waals surface area (Å²) in [7, 11) is 0. The Bertz CT molecular complexity index is 535. The quantitative estimate of drug-likeness (QED) is 0.374. The maximum atomic E-state index is 6.12. The number of hydrogen-bond donors (Lipinski definition) is 1. The number of benzene rings is 1. The van der Waals surface area contributed by atoms with Crippen LogP contribution in [0.2, 0.25) is 5.02 Å². The molecule has 0 unspecified atom stereocenters. The number of halogens is 1. The molecule has 1 N–H and O–H groups in total. The third-order valence-corrected chi connectivity index (χ3v) is 4.78. The molecule has 1 aliphatic rings. The van der Waals surface area contributed by atoms with Gasteiger partial charge in [-0.1, -0.05) is 53.7 Å². The summed E-state index contributed by atoms with van der Waals surface area (Å²) in [5.74, 6) is 0.950. The van der Waals surface area contributed by atoms with Gasteiger partial charge in [-0.2, -0.15) is 0 Å². The third kappa shape index (κ3) is 4.97. The minimum absolute atomic E-state index is 0.775. The van der Waals surface area contributed by atoms with E-state index in [9.17, 15) is 0 Å².